The lowest BCUT2D eigenvalue weighted by molar-refractivity contribution is 0.494. The lowest BCUT2D eigenvalue weighted by Gasteiger charge is -2.19. The molecule has 2 atom stereocenters. The van der Waals surface area contributed by atoms with Crippen LogP contribution in [-0.4, -0.2) is 18.1 Å². The average Bonchev–Trinajstić information content (AvgIpc) is 2.58. The van der Waals surface area contributed by atoms with Gasteiger partial charge in [-0.3, -0.25) is 0 Å². The van der Waals surface area contributed by atoms with Crippen molar-refractivity contribution in [2.75, 3.05) is 18.0 Å². The van der Waals surface area contributed by atoms with Crippen molar-refractivity contribution in [1.82, 2.24) is 0 Å². The summed E-state index contributed by atoms with van der Waals surface area (Å²) in [7, 11) is 0. The van der Waals surface area contributed by atoms with Gasteiger partial charge in [0.15, 0.2) is 0 Å². The van der Waals surface area contributed by atoms with E-state index in [0.717, 1.165) is 18.8 Å². The monoisotopic (exact) mass is 252 g/mol. The molecular formula is C13H17FN2S. The second-order valence-electron chi connectivity index (χ2n) is 4.89. The van der Waals surface area contributed by atoms with E-state index in [4.69, 9.17) is 18.0 Å². The molecule has 0 aliphatic carbocycles. The summed E-state index contributed by atoms with van der Waals surface area (Å²) in [4.78, 5) is 2.32. The van der Waals surface area contributed by atoms with Gasteiger partial charge in [0, 0.05) is 24.3 Å². The van der Waals surface area contributed by atoms with Gasteiger partial charge >= 0.3 is 0 Å². The van der Waals surface area contributed by atoms with Crippen LogP contribution in [0, 0.1) is 17.7 Å². The molecule has 92 valence electrons. The molecule has 2 rings (SSSR count). The summed E-state index contributed by atoms with van der Waals surface area (Å²) in [6.45, 7) is 6.41. The zero-order chi connectivity index (χ0) is 12.6. The molecule has 1 heterocycles. The van der Waals surface area contributed by atoms with Crippen LogP contribution >= 0.6 is 12.2 Å². The van der Waals surface area contributed by atoms with Gasteiger partial charge in [-0.05, 0) is 30.0 Å². The molecule has 2 unspecified atom stereocenters. The normalized spacial score (nSPS) is 24.1. The van der Waals surface area contributed by atoms with Crippen LogP contribution in [-0.2, 0) is 0 Å². The molecule has 0 radical (unpaired) electrons. The first kappa shape index (κ1) is 12.3. The van der Waals surface area contributed by atoms with Gasteiger partial charge in [0.05, 0.1) is 0 Å². The predicted octanol–water partition coefficient (Wildman–Crippen LogP) is 2.55. The molecule has 1 aromatic rings. The topological polar surface area (TPSA) is 29.3 Å². The van der Waals surface area contributed by atoms with E-state index >= 15 is 0 Å². The van der Waals surface area contributed by atoms with Crippen molar-refractivity contribution < 1.29 is 4.39 Å². The van der Waals surface area contributed by atoms with Gasteiger partial charge in [-0.1, -0.05) is 26.1 Å². The zero-order valence-electron chi connectivity index (χ0n) is 10.1. The number of hydrogen-bond donors (Lipinski definition) is 1. The highest BCUT2D eigenvalue weighted by Crippen LogP contribution is 2.28. The molecule has 0 saturated carbocycles. The molecule has 1 fully saturated rings. The van der Waals surface area contributed by atoms with E-state index in [1.54, 1.807) is 6.07 Å². The fourth-order valence-corrected chi connectivity index (χ4v) is 2.41. The maximum Gasteiger partial charge on any atom is 0.135 e. The summed E-state index contributed by atoms with van der Waals surface area (Å²) in [6.07, 6.45) is 0. The average molecular weight is 252 g/mol. The summed E-state index contributed by atoms with van der Waals surface area (Å²) < 4.78 is 13.8. The van der Waals surface area contributed by atoms with E-state index < -0.39 is 0 Å². The van der Waals surface area contributed by atoms with Gasteiger partial charge in [0.1, 0.15) is 10.8 Å². The number of nitrogens with two attached hydrogens (primary N) is 1. The van der Waals surface area contributed by atoms with Crippen LogP contribution in [0.15, 0.2) is 18.2 Å². The molecule has 4 heteroatoms. The summed E-state index contributed by atoms with van der Waals surface area (Å²) in [6, 6.07) is 5.09. The molecule has 1 aliphatic heterocycles. The predicted molar refractivity (Wildman–Crippen MR) is 72.8 cm³/mol. The molecule has 1 saturated heterocycles. The molecule has 2 N–H and O–H groups in total. The van der Waals surface area contributed by atoms with Crippen molar-refractivity contribution in [3.05, 3.63) is 29.6 Å². The third-order valence-corrected chi connectivity index (χ3v) is 3.79. The van der Waals surface area contributed by atoms with E-state index in [-0.39, 0.29) is 10.8 Å². The number of rotatable bonds is 2. The van der Waals surface area contributed by atoms with Crippen molar-refractivity contribution in [3.8, 4) is 0 Å². The smallest absolute Gasteiger partial charge is 0.135 e. The molecule has 0 spiro atoms. The van der Waals surface area contributed by atoms with Crippen LogP contribution in [0.25, 0.3) is 0 Å². The van der Waals surface area contributed by atoms with Crippen molar-refractivity contribution in [2.45, 2.75) is 13.8 Å². The summed E-state index contributed by atoms with van der Waals surface area (Å²) in [5.74, 6) is 0.962. The third kappa shape index (κ3) is 2.41. The first-order chi connectivity index (χ1) is 7.99. The van der Waals surface area contributed by atoms with E-state index in [9.17, 15) is 4.39 Å². The lowest BCUT2D eigenvalue weighted by Crippen LogP contribution is -2.20. The largest absolute Gasteiger partial charge is 0.389 e. The minimum atomic E-state index is -0.331. The van der Waals surface area contributed by atoms with Gasteiger partial charge in [-0.2, -0.15) is 0 Å². The summed E-state index contributed by atoms with van der Waals surface area (Å²) >= 11 is 4.79. The second kappa shape index (κ2) is 4.61. The Hall–Kier alpha value is -1.16. The molecule has 1 aliphatic rings. The molecule has 2 nitrogen and oxygen atoms in total. The highest BCUT2D eigenvalue weighted by atomic mass is 32.1. The lowest BCUT2D eigenvalue weighted by atomic mass is 10.0. The Morgan fingerprint density at radius 1 is 1.35 bits per heavy atom. The van der Waals surface area contributed by atoms with Crippen LogP contribution in [0.1, 0.15) is 19.4 Å². The number of anilines is 1. The minimum absolute atomic E-state index is 0.109. The molecular weight excluding hydrogens is 235 g/mol. The third-order valence-electron chi connectivity index (χ3n) is 3.57. The van der Waals surface area contributed by atoms with Gasteiger partial charge < -0.3 is 10.6 Å². The molecule has 17 heavy (non-hydrogen) atoms. The van der Waals surface area contributed by atoms with Gasteiger partial charge in [-0.15, -0.1) is 0 Å². The Morgan fingerprint density at radius 3 is 2.41 bits per heavy atom. The molecule has 1 aromatic carbocycles. The Labute approximate surface area is 107 Å². The quantitative estimate of drug-likeness (QED) is 0.820. The number of nitrogens with zero attached hydrogens (tertiary/aromatic N) is 1. The van der Waals surface area contributed by atoms with E-state index in [2.05, 4.69) is 18.7 Å². The standard InChI is InChI=1S/C13H17FN2S/c1-8-6-16(7-9(8)2)10-3-4-11(13(15)17)12(14)5-10/h3-5,8-9H,6-7H2,1-2H3,(H2,15,17). The molecule has 0 bridgehead atoms. The van der Waals surface area contributed by atoms with Crippen molar-refractivity contribution in [3.63, 3.8) is 0 Å². The van der Waals surface area contributed by atoms with E-state index in [1.165, 1.54) is 6.07 Å². The first-order valence-corrected chi connectivity index (χ1v) is 6.24. The van der Waals surface area contributed by atoms with Crippen molar-refractivity contribution in [2.24, 2.45) is 17.6 Å². The molecule has 0 aromatic heterocycles. The number of hydrogen-bond acceptors (Lipinski definition) is 2. The second-order valence-corrected chi connectivity index (χ2v) is 5.33. The highest BCUT2D eigenvalue weighted by Gasteiger charge is 2.26. The van der Waals surface area contributed by atoms with E-state index in [0.29, 0.717) is 17.4 Å². The Bertz CT molecular complexity index is 437. The maximum atomic E-state index is 13.8. The van der Waals surface area contributed by atoms with Crippen LogP contribution in [0.5, 0.6) is 0 Å². The fraction of sp³-hybridized carbons (Fsp3) is 0.462. The summed E-state index contributed by atoms with van der Waals surface area (Å²) in [5.41, 5.74) is 6.68. The van der Waals surface area contributed by atoms with E-state index in [1.807, 2.05) is 6.07 Å². The maximum absolute atomic E-state index is 13.8. The van der Waals surface area contributed by atoms with Gasteiger partial charge in [0.2, 0.25) is 0 Å². The van der Waals surface area contributed by atoms with Crippen LogP contribution < -0.4 is 10.6 Å². The Kier molecular flexibility index (Phi) is 3.33. The molecule has 0 amide bonds. The summed E-state index contributed by atoms with van der Waals surface area (Å²) in [5, 5.41) is 0. The van der Waals surface area contributed by atoms with Gasteiger partial charge in [0.25, 0.3) is 0 Å². The van der Waals surface area contributed by atoms with Crippen LogP contribution in [0.2, 0.25) is 0 Å². The SMILES string of the molecule is CC1CN(c2ccc(C(N)=S)c(F)c2)CC1C. The fourth-order valence-electron chi connectivity index (χ4n) is 2.24. The van der Waals surface area contributed by atoms with Crippen molar-refractivity contribution in [1.29, 1.82) is 0 Å². The Balaban J connectivity index is 2.24. The number of benzene rings is 1. The Morgan fingerprint density at radius 2 is 1.94 bits per heavy atom. The first-order valence-electron chi connectivity index (χ1n) is 5.83. The van der Waals surface area contributed by atoms with Gasteiger partial charge in [-0.25, -0.2) is 4.39 Å². The van der Waals surface area contributed by atoms with Crippen LogP contribution in [0.4, 0.5) is 10.1 Å². The number of thiocarbonyl (C=S) groups is 1. The van der Waals surface area contributed by atoms with Crippen molar-refractivity contribution >= 4 is 22.9 Å². The zero-order valence-corrected chi connectivity index (χ0v) is 10.9. The van der Waals surface area contributed by atoms with Crippen LogP contribution in [0.3, 0.4) is 0 Å². The number of halogens is 1. The minimum Gasteiger partial charge on any atom is -0.389 e. The highest BCUT2D eigenvalue weighted by molar-refractivity contribution is 7.80.